The van der Waals surface area contributed by atoms with Gasteiger partial charge in [-0.15, -0.1) is 0 Å². The average molecular weight is 297 g/mol. The van der Waals surface area contributed by atoms with Gasteiger partial charge in [0.25, 0.3) is 0 Å². The number of carbonyl (C=O) groups is 2. The van der Waals surface area contributed by atoms with Gasteiger partial charge < -0.3 is 15.0 Å². The first kappa shape index (κ1) is 14.1. The molecule has 0 atom stereocenters. The third-order valence-electron chi connectivity index (χ3n) is 3.29. The van der Waals surface area contributed by atoms with Gasteiger partial charge in [-0.05, 0) is 25.1 Å². The summed E-state index contributed by atoms with van der Waals surface area (Å²) in [5, 5.41) is 4.59. The first-order valence-corrected chi connectivity index (χ1v) is 6.94. The van der Waals surface area contributed by atoms with Crippen molar-refractivity contribution in [2.45, 2.75) is 13.8 Å². The van der Waals surface area contributed by atoms with E-state index in [1.165, 1.54) is 6.92 Å². The van der Waals surface area contributed by atoms with Crippen LogP contribution < -0.4 is 5.32 Å². The van der Waals surface area contributed by atoms with Crippen LogP contribution in [0.3, 0.4) is 0 Å². The highest BCUT2D eigenvalue weighted by Crippen LogP contribution is 2.27. The highest BCUT2D eigenvalue weighted by Gasteiger charge is 2.12. The van der Waals surface area contributed by atoms with E-state index in [4.69, 9.17) is 4.74 Å². The molecule has 0 aliphatic heterocycles. The van der Waals surface area contributed by atoms with E-state index < -0.39 is 5.97 Å². The molecule has 0 aliphatic rings. The molecule has 0 radical (unpaired) electrons. The second-order valence-corrected chi connectivity index (χ2v) is 4.90. The molecule has 6 heteroatoms. The lowest BCUT2D eigenvalue weighted by Crippen LogP contribution is -2.06. The van der Waals surface area contributed by atoms with Crippen LogP contribution >= 0.6 is 0 Å². The number of benzene rings is 1. The molecule has 0 unspecified atom stereocenters. The first-order chi connectivity index (χ1) is 10.6. The summed E-state index contributed by atoms with van der Waals surface area (Å²) >= 11 is 0. The molecule has 2 N–H and O–H groups in total. The Morgan fingerprint density at radius 3 is 2.77 bits per heavy atom. The largest absolute Gasteiger partial charge is 0.461 e. The Bertz CT molecular complexity index is 883. The smallest absolute Gasteiger partial charge is 0.356 e. The molecule has 3 rings (SSSR count). The van der Waals surface area contributed by atoms with Crippen LogP contribution in [0.25, 0.3) is 21.8 Å². The first-order valence-electron chi connectivity index (χ1n) is 6.94. The van der Waals surface area contributed by atoms with E-state index in [0.717, 1.165) is 21.8 Å². The number of rotatable bonds is 3. The molecule has 0 fully saturated rings. The summed E-state index contributed by atoms with van der Waals surface area (Å²) in [6.07, 6.45) is 1.61. The number of hydrogen-bond donors (Lipinski definition) is 2. The zero-order valence-electron chi connectivity index (χ0n) is 12.3. The number of ether oxygens (including phenoxy) is 1. The van der Waals surface area contributed by atoms with E-state index in [9.17, 15) is 9.59 Å². The summed E-state index contributed by atoms with van der Waals surface area (Å²) < 4.78 is 4.97. The molecular formula is C16H15N3O3. The number of anilines is 1. The van der Waals surface area contributed by atoms with E-state index >= 15 is 0 Å². The van der Waals surface area contributed by atoms with Crippen LogP contribution in [0.1, 0.15) is 24.3 Å². The number of pyridine rings is 1. The minimum absolute atomic E-state index is 0.123. The second-order valence-electron chi connectivity index (χ2n) is 4.90. The van der Waals surface area contributed by atoms with Crippen LogP contribution in [-0.4, -0.2) is 28.5 Å². The predicted molar refractivity (Wildman–Crippen MR) is 83.9 cm³/mol. The maximum Gasteiger partial charge on any atom is 0.356 e. The number of aromatic nitrogens is 2. The summed E-state index contributed by atoms with van der Waals surface area (Å²) in [4.78, 5) is 30.2. The molecular weight excluding hydrogens is 282 g/mol. The van der Waals surface area contributed by atoms with Crippen molar-refractivity contribution in [2.75, 3.05) is 11.9 Å². The summed E-state index contributed by atoms with van der Waals surface area (Å²) in [5.74, 6) is -0.560. The zero-order chi connectivity index (χ0) is 15.7. The number of fused-ring (bicyclic) bond motifs is 3. The number of amides is 1. The maximum absolute atomic E-state index is 11.8. The van der Waals surface area contributed by atoms with Gasteiger partial charge in [-0.2, -0.15) is 0 Å². The van der Waals surface area contributed by atoms with Crippen molar-refractivity contribution in [3.63, 3.8) is 0 Å². The van der Waals surface area contributed by atoms with E-state index in [-0.39, 0.29) is 11.6 Å². The maximum atomic E-state index is 11.8. The molecule has 0 spiro atoms. The number of nitrogens with zero attached hydrogens (tertiary/aromatic N) is 1. The number of aromatic amines is 1. The van der Waals surface area contributed by atoms with Gasteiger partial charge in [-0.3, -0.25) is 4.79 Å². The summed E-state index contributed by atoms with van der Waals surface area (Å²) in [6, 6.07) is 7.28. The molecule has 0 bridgehead atoms. The van der Waals surface area contributed by atoms with Crippen molar-refractivity contribution >= 4 is 39.4 Å². The fourth-order valence-corrected chi connectivity index (χ4v) is 2.40. The van der Waals surface area contributed by atoms with Gasteiger partial charge in [0.15, 0.2) is 0 Å². The van der Waals surface area contributed by atoms with Crippen LogP contribution in [0.4, 0.5) is 5.69 Å². The SMILES string of the molecule is CCOC(=O)c1cc2c(cn1)[nH]c1cc(NC(C)=O)ccc12. The van der Waals surface area contributed by atoms with Gasteiger partial charge in [0.2, 0.25) is 5.91 Å². The molecule has 0 saturated carbocycles. The molecule has 1 amide bonds. The standard InChI is InChI=1S/C16H15N3O3/c1-3-22-16(21)14-7-12-11-5-4-10(18-9(2)20)6-13(11)19-15(12)8-17-14/h4-8,19H,3H2,1-2H3,(H,18,20). The van der Waals surface area contributed by atoms with Crippen molar-refractivity contribution in [1.82, 2.24) is 9.97 Å². The van der Waals surface area contributed by atoms with E-state index in [1.54, 1.807) is 19.2 Å². The quantitative estimate of drug-likeness (QED) is 0.728. The fourth-order valence-electron chi connectivity index (χ4n) is 2.40. The van der Waals surface area contributed by atoms with Crippen molar-refractivity contribution in [1.29, 1.82) is 0 Å². The van der Waals surface area contributed by atoms with E-state index in [0.29, 0.717) is 12.3 Å². The summed E-state index contributed by atoms with van der Waals surface area (Å²) in [5.41, 5.74) is 2.68. The Morgan fingerprint density at radius 2 is 2.05 bits per heavy atom. The molecule has 112 valence electrons. The molecule has 22 heavy (non-hydrogen) atoms. The number of nitrogens with one attached hydrogen (secondary N) is 2. The Morgan fingerprint density at radius 1 is 1.23 bits per heavy atom. The predicted octanol–water partition coefficient (Wildman–Crippen LogP) is 2.85. The van der Waals surface area contributed by atoms with Crippen molar-refractivity contribution in [2.24, 2.45) is 0 Å². The van der Waals surface area contributed by atoms with Crippen molar-refractivity contribution in [3.8, 4) is 0 Å². The molecule has 2 aromatic heterocycles. The lowest BCUT2D eigenvalue weighted by Gasteiger charge is -2.02. The normalized spacial score (nSPS) is 10.8. The topological polar surface area (TPSA) is 84.1 Å². The second kappa shape index (κ2) is 5.48. The fraction of sp³-hybridized carbons (Fsp3) is 0.188. The third kappa shape index (κ3) is 2.50. The molecule has 0 saturated heterocycles. The summed E-state index contributed by atoms with van der Waals surface area (Å²) in [6.45, 7) is 3.53. The Kier molecular flexibility index (Phi) is 3.50. The monoisotopic (exact) mass is 297 g/mol. The lowest BCUT2D eigenvalue weighted by atomic mass is 10.1. The van der Waals surface area contributed by atoms with E-state index in [2.05, 4.69) is 15.3 Å². The third-order valence-corrected chi connectivity index (χ3v) is 3.29. The molecule has 6 nitrogen and oxygen atoms in total. The lowest BCUT2D eigenvalue weighted by molar-refractivity contribution is -0.114. The number of hydrogen-bond acceptors (Lipinski definition) is 4. The van der Waals surface area contributed by atoms with Crippen LogP contribution in [0, 0.1) is 0 Å². The van der Waals surface area contributed by atoms with Crippen LogP contribution in [0.2, 0.25) is 0 Å². The number of carbonyl (C=O) groups excluding carboxylic acids is 2. The minimum Gasteiger partial charge on any atom is -0.461 e. The zero-order valence-corrected chi connectivity index (χ0v) is 12.3. The Balaban J connectivity index is 2.10. The average Bonchev–Trinajstić information content (AvgIpc) is 2.83. The Labute approximate surface area is 126 Å². The van der Waals surface area contributed by atoms with Crippen molar-refractivity contribution in [3.05, 3.63) is 36.2 Å². The van der Waals surface area contributed by atoms with Gasteiger partial charge in [-0.1, -0.05) is 6.07 Å². The Hall–Kier alpha value is -2.89. The minimum atomic E-state index is -0.436. The number of H-pyrrole nitrogens is 1. The molecule has 0 aliphatic carbocycles. The van der Waals surface area contributed by atoms with Crippen LogP contribution in [-0.2, 0) is 9.53 Å². The van der Waals surface area contributed by atoms with Crippen LogP contribution in [0.15, 0.2) is 30.5 Å². The van der Waals surface area contributed by atoms with Gasteiger partial charge in [0.05, 0.1) is 18.3 Å². The molecule has 1 aromatic carbocycles. The number of esters is 1. The van der Waals surface area contributed by atoms with Gasteiger partial charge >= 0.3 is 5.97 Å². The van der Waals surface area contributed by atoms with E-state index in [1.807, 2.05) is 18.2 Å². The van der Waals surface area contributed by atoms with Gasteiger partial charge in [-0.25, -0.2) is 9.78 Å². The van der Waals surface area contributed by atoms with Crippen LogP contribution in [0.5, 0.6) is 0 Å². The van der Waals surface area contributed by atoms with Crippen molar-refractivity contribution < 1.29 is 14.3 Å². The van der Waals surface area contributed by atoms with Gasteiger partial charge in [0, 0.05) is 28.9 Å². The van der Waals surface area contributed by atoms with Gasteiger partial charge in [0.1, 0.15) is 5.69 Å². The summed E-state index contributed by atoms with van der Waals surface area (Å²) in [7, 11) is 0. The highest BCUT2D eigenvalue weighted by molar-refractivity contribution is 6.09. The molecule has 3 aromatic rings. The highest BCUT2D eigenvalue weighted by atomic mass is 16.5. The molecule has 2 heterocycles.